The highest BCUT2D eigenvalue weighted by atomic mass is 16.3. The van der Waals surface area contributed by atoms with Gasteiger partial charge in [0.05, 0.1) is 0 Å². The van der Waals surface area contributed by atoms with Crippen molar-refractivity contribution < 1.29 is 5.11 Å². The predicted molar refractivity (Wildman–Crippen MR) is 60.8 cm³/mol. The van der Waals surface area contributed by atoms with Crippen molar-refractivity contribution in [3.63, 3.8) is 0 Å². The van der Waals surface area contributed by atoms with E-state index in [1.165, 1.54) is 11.1 Å². The van der Waals surface area contributed by atoms with E-state index in [0.29, 0.717) is 5.75 Å². The number of phenols is 1. The van der Waals surface area contributed by atoms with E-state index < -0.39 is 0 Å². The van der Waals surface area contributed by atoms with Crippen LogP contribution >= 0.6 is 0 Å². The number of rotatable bonds is 4. The standard InChI is InChI=1S/C13H20O/c1-4-6-11-9-13(14)12(7-5-2)8-10(11)3/h8-9,14H,4-7H2,1-3H3. The summed E-state index contributed by atoms with van der Waals surface area (Å²) in [6, 6.07) is 4.06. The number of aryl methyl sites for hydroxylation is 3. The quantitative estimate of drug-likeness (QED) is 0.772. The molecule has 0 saturated carbocycles. The molecule has 78 valence electrons. The second-order valence-corrected chi connectivity index (χ2v) is 3.91. The lowest BCUT2D eigenvalue weighted by Gasteiger charge is -2.09. The predicted octanol–water partition coefficient (Wildman–Crippen LogP) is 3.61. The Labute approximate surface area is 86.8 Å². The smallest absolute Gasteiger partial charge is 0.119 e. The van der Waals surface area contributed by atoms with Crippen LogP contribution in [0.2, 0.25) is 0 Å². The Morgan fingerprint density at radius 1 is 1.00 bits per heavy atom. The van der Waals surface area contributed by atoms with Crippen molar-refractivity contribution in [2.45, 2.75) is 46.5 Å². The maximum Gasteiger partial charge on any atom is 0.119 e. The second kappa shape index (κ2) is 5.04. The van der Waals surface area contributed by atoms with Gasteiger partial charge in [-0.05, 0) is 42.5 Å². The minimum absolute atomic E-state index is 0.473. The zero-order valence-corrected chi connectivity index (χ0v) is 9.43. The largest absolute Gasteiger partial charge is 0.508 e. The first-order chi connectivity index (χ1) is 6.69. The summed E-state index contributed by atoms with van der Waals surface area (Å²) in [5, 5.41) is 9.77. The summed E-state index contributed by atoms with van der Waals surface area (Å²) < 4.78 is 0. The first kappa shape index (κ1) is 11.1. The summed E-state index contributed by atoms with van der Waals surface area (Å²) in [4.78, 5) is 0. The Morgan fingerprint density at radius 2 is 1.57 bits per heavy atom. The van der Waals surface area contributed by atoms with Gasteiger partial charge >= 0.3 is 0 Å². The second-order valence-electron chi connectivity index (χ2n) is 3.91. The lowest BCUT2D eigenvalue weighted by atomic mass is 9.98. The molecule has 0 amide bonds. The van der Waals surface area contributed by atoms with Gasteiger partial charge in [-0.25, -0.2) is 0 Å². The molecule has 1 nitrogen and oxygen atoms in total. The molecule has 1 aromatic rings. The Balaban J connectivity index is 2.97. The Bertz CT molecular complexity index is 271. The molecule has 0 fully saturated rings. The van der Waals surface area contributed by atoms with Gasteiger partial charge < -0.3 is 5.11 Å². The van der Waals surface area contributed by atoms with Crippen molar-refractivity contribution in [2.24, 2.45) is 0 Å². The number of hydrogen-bond acceptors (Lipinski definition) is 1. The molecule has 0 atom stereocenters. The van der Waals surface area contributed by atoms with E-state index in [2.05, 4.69) is 26.8 Å². The molecule has 1 rings (SSSR count). The molecule has 0 aliphatic heterocycles. The fraction of sp³-hybridized carbons (Fsp3) is 0.538. The molecule has 1 N–H and O–H groups in total. The van der Waals surface area contributed by atoms with Gasteiger partial charge in [-0.15, -0.1) is 0 Å². The maximum absolute atomic E-state index is 9.77. The first-order valence-corrected chi connectivity index (χ1v) is 5.50. The van der Waals surface area contributed by atoms with Crippen molar-refractivity contribution in [3.05, 3.63) is 28.8 Å². The van der Waals surface area contributed by atoms with Crippen LogP contribution in [0.25, 0.3) is 0 Å². The summed E-state index contributed by atoms with van der Waals surface area (Å²) >= 11 is 0. The molecule has 0 aromatic heterocycles. The van der Waals surface area contributed by atoms with Gasteiger partial charge in [-0.1, -0.05) is 32.8 Å². The molecule has 0 spiro atoms. The van der Waals surface area contributed by atoms with E-state index in [4.69, 9.17) is 0 Å². The van der Waals surface area contributed by atoms with Crippen LogP contribution < -0.4 is 0 Å². The average Bonchev–Trinajstić information content (AvgIpc) is 2.14. The van der Waals surface area contributed by atoms with E-state index in [0.717, 1.165) is 31.2 Å². The molecule has 1 aromatic carbocycles. The molecule has 1 heteroatoms. The Morgan fingerprint density at radius 3 is 2.14 bits per heavy atom. The molecule has 0 saturated heterocycles. The minimum Gasteiger partial charge on any atom is -0.508 e. The molecule has 14 heavy (non-hydrogen) atoms. The number of phenolic OH excluding ortho intramolecular Hbond substituents is 1. The van der Waals surface area contributed by atoms with Crippen molar-refractivity contribution in [1.29, 1.82) is 0 Å². The minimum atomic E-state index is 0.473. The average molecular weight is 192 g/mol. The van der Waals surface area contributed by atoms with Crippen molar-refractivity contribution in [2.75, 3.05) is 0 Å². The van der Waals surface area contributed by atoms with E-state index in [1.807, 2.05) is 6.07 Å². The molecular weight excluding hydrogens is 172 g/mol. The van der Waals surface area contributed by atoms with Crippen LogP contribution in [0.4, 0.5) is 0 Å². The van der Waals surface area contributed by atoms with Crippen LogP contribution in [0.15, 0.2) is 12.1 Å². The third-order valence-electron chi connectivity index (χ3n) is 2.58. The summed E-state index contributed by atoms with van der Waals surface area (Å²) in [5.41, 5.74) is 3.68. The third-order valence-corrected chi connectivity index (χ3v) is 2.58. The molecule has 0 heterocycles. The SMILES string of the molecule is CCCc1cc(O)c(CCC)cc1C. The number of aromatic hydroxyl groups is 1. The van der Waals surface area contributed by atoms with Gasteiger partial charge in [0.1, 0.15) is 5.75 Å². The van der Waals surface area contributed by atoms with E-state index in [-0.39, 0.29) is 0 Å². The molecule has 0 radical (unpaired) electrons. The monoisotopic (exact) mass is 192 g/mol. The van der Waals surface area contributed by atoms with Crippen LogP contribution in [0, 0.1) is 6.92 Å². The molecule has 0 bridgehead atoms. The number of benzene rings is 1. The van der Waals surface area contributed by atoms with Crippen molar-refractivity contribution in [1.82, 2.24) is 0 Å². The highest BCUT2D eigenvalue weighted by Crippen LogP contribution is 2.24. The van der Waals surface area contributed by atoms with Gasteiger partial charge in [0.2, 0.25) is 0 Å². The zero-order chi connectivity index (χ0) is 10.6. The van der Waals surface area contributed by atoms with Crippen LogP contribution in [-0.2, 0) is 12.8 Å². The van der Waals surface area contributed by atoms with E-state index >= 15 is 0 Å². The highest BCUT2D eigenvalue weighted by Gasteiger charge is 2.05. The van der Waals surface area contributed by atoms with Gasteiger partial charge in [-0.3, -0.25) is 0 Å². The molecular formula is C13H20O. The van der Waals surface area contributed by atoms with Crippen LogP contribution in [0.1, 0.15) is 43.4 Å². The summed E-state index contributed by atoms with van der Waals surface area (Å²) in [6.45, 7) is 6.43. The van der Waals surface area contributed by atoms with Crippen molar-refractivity contribution in [3.8, 4) is 5.75 Å². The lowest BCUT2D eigenvalue weighted by molar-refractivity contribution is 0.466. The van der Waals surface area contributed by atoms with Crippen LogP contribution in [-0.4, -0.2) is 5.11 Å². The Hall–Kier alpha value is -0.980. The van der Waals surface area contributed by atoms with Gasteiger partial charge in [0.25, 0.3) is 0 Å². The summed E-state index contributed by atoms with van der Waals surface area (Å²) in [5.74, 6) is 0.473. The molecule has 0 aliphatic rings. The number of hydrogen-bond donors (Lipinski definition) is 1. The highest BCUT2D eigenvalue weighted by molar-refractivity contribution is 5.41. The van der Waals surface area contributed by atoms with Gasteiger partial charge in [0, 0.05) is 0 Å². The van der Waals surface area contributed by atoms with Crippen LogP contribution in [0.3, 0.4) is 0 Å². The third kappa shape index (κ3) is 2.50. The Kier molecular flexibility index (Phi) is 3.99. The fourth-order valence-electron chi connectivity index (χ4n) is 1.81. The topological polar surface area (TPSA) is 20.2 Å². The van der Waals surface area contributed by atoms with Gasteiger partial charge in [0.15, 0.2) is 0 Å². The van der Waals surface area contributed by atoms with Gasteiger partial charge in [-0.2, -0.15) is 0 Å². The van der Waals surface area contributed by atoms with E-state index in [1.54, 1.807) is 0 Å². The fourth-order valence-corrected chi connectivity index (χ4v) is 1.81. The summed E-state index contributed by atoms with van der Waals surface area (Å²) in [7, 11) is 0. The maximum atomic E-state index is 9.77. The molecule has 0 unspecified atom stereocenters. The summed E-state index contributed by atoms with van der Waals surface area (Å²) in [6.07, 6.45) is 4.25. The first-order valence-electron chi connectivity index (χ1n) is 5.50. The van der Waals surface area contributed by atoms with E-state index in [9.17, 15) is 5.11 Å². The molecule has 0 aliphatic carbocycles. The normalized spacial score (nSPS) is 10.5. The van der Waals surface area contributed by atoms with Crippen molar-refractivity contribution >= 4 is 0 Å². The zero-order valence-electron chi connectivity index (χ0n) is 9.43. The van der Waals surface area contributed by atoms with Crippen LogP contribution in [0.5, 0.6) is 5.75 Å². The lowest BCUT2D eigenvalue weighted by Crippen LogP contribution is -1.93.